The molecule has 1 aromatic heterocycles. The van der Waals surface area contributed by atoms with Gasteiger partial charge in [0.2, 0.25) is 11.7 Å². The quantitative estimate of drug-likeness (QED) is 0.868. The molecule has 2 aliphatic rings. The number of carbonyl (C=O) groups excluding carboxylic acids is 2. The summed E-state index contributed by atoms with van der Waals surface area (Å²) in [4.78, 5) is 30.6. The van der Waals surface area contributed by atoms with Crippen molar-refractivity contribution in [3.8, 4) is 11.4 Å². The fourth-order valence-corrected chi connectivity index (χ4v) is 3.59. The van der Waals surface area contributed by atoms with E-state index in [1.54, 1.807) is 0 Å². The van der Waals surface area contributed by atoms with Gasteiger partial charge in [0.05, 0.1) is 0 Å². The van der Waals surface area contributed by atoms with Gasteiger partial charge < -0.3 is 9.84 Å². The second-order valence-corrected chi connectivity index (χ2v) is 6.84. The summed E-state index contributed by atoms with van der Waals surface area (Å²) in [7, 11) is 0. The molecule has 2 aromatic rings. The summed E-state index contributed by atoms with van der Waals surface area (Å²) in [6.45, 7) is 2.01. The van der Waals surface area contributed by atoms with Crippen LogP contribution < -0.4 is 5.32 Å². The Morgan fingerprint density at radius 2 is 1.88 bits per heavy atom. The Hall–Kier alpha value is -2.70. The van der Waals surface area contributed by atoms with E-state index in [0.717, 1.165) is 30.4 Å². The number of urea groups is 1. The number of benzene rings is 1. The normalized spacial score (nSPS) is 19.5. The van der Waals surface area contributed by atoms with Crippen LogP contribution in [-0.2, 0) is 11.3 Å². The summed E-state index contributed by atoms with van der Waals surface area (Å²) in [5, 5.41) is 6.84. The predicted molar refractivity (Wildman–Crippen MR) is 89.4 cm³/mol. The summed E-state index contributed by atoms with van der Waals surface area (Å²) < 4.78 is 5.25. The van der Waals surface area contributed by atoms with Crippen molar-refractivity contribution in [1.29, 1.82) is 0 Å². The van der Waals surface area contributed by atoms with E-state index in [1.807, 2.05) is 31.2 Å². The zero-order valence-corrected chi connectivity index (χ0v) is 14.1. The number of hydrogen-bond donors (Lipinski definition) is 1. The average Bonchev–Trinajstić information content (AvgIpc) is 3.16. The lowest BCUT2D eigenvalue weighted by molar-refractivity contribution is -0.133. The Kier molecular flexibility index (Phi) is 3.78. The molecule has 0 radical (unpaired) electrons. The Bertz CT molecular complexity index is 806. The molecule has 2 fully saturated rings. The lowest BCUT2D eigenvalue weighted by atomic mass is 9.82. The maximum absolute atomic E-state index is 12.8. The Morgan fingerprint density at radius 3 is 2.60 bits per heavy atom. The summed E-state index contributed by atoms with van der Waals surface area (Å²) in [6.07, 6.45) is 4.42. The highest BCUT2D eigenvalue weighted by atomic mass is 16.5. The number of carbonyl (C=O) groups is 2. The third-order valence-corrected chi connectivity index (χ3v) is 5.02. The Labute approximate surface area is 145 Å². The first-order chi connectivity index (χ1) is 12.1. The molecule has 130 valence electrons. The number of aromatic nitrogens is 2. The van der Waals surface area contributed by atoms with Crippen LogP contribution >= 0.6 is 0 Å². The molecule has 1 N–H and O–H groups in total. The molecular formula is C18H20N4O3. The van der Waals surface area contributed by atoms with E-state index < -0.39 is 5.54 Å². The number of imide groups is 1. The summed E-state index contributed by atoms with van der Waals surface area (Å²) in [6, 6.07) is 7.39. The van der Waals surface area contributed by atoms with E-state index in [1.165, 1.54) is 4.90 Å². The van der Waals surface area contributed by atoms with E-state index in [4.69, 9.17) is 4.52 Å². The molecular weight excluding hydrogens is 320 g/mol. The highest BCUT2D eigenvalue weighted by Crippen LogP contribution is 2.34. The lowest BCUT2D eigenvalue weighted by Crippen LogP contribution is -2.48. The monoisotopic (exact) mass is 340 g/mol. The minimum absolute atomic E-state index is 0.00524. The minimum atomic E-state index is -0.727. The standard InChI is InChI=1S/C18H20N4O3/c1-12-5-7-13(8-6-12)15-19-14(25-21-15)11-22-16(23)18(20-17(22)24)9-3-2-4-10-18/h5-8H,2-4,9-11H2,1H3,(H,20,24). The van der Waals surface area contributed by atoms with E-state index in [0.29, 0.717) is 18.7 Å². The van der Waals surface area contributed by atoms with Crippen LogP contribution in [-0.4, -0.2) is 32.5 Å². The van der Waals surface area contributed by atoms with Crippen LogP contribution in [0.5, 0.6) is 0 Å². The first-order valence-electron chi connectivity index (χ1n) is 8.61. The zero-order valence-electron chi connectivity index (χ0n) is 14.1. The van der Waals surface area contributed by atoms with Gasteiger partial charge in [-0.1, -0.05) is 54.2 Å². The summed E-state index contributed by atoms with van der Waals surface area (Å²) >= 11 is 0. The number of rotatable bonds is 3. The first kappa shape index (κ1) is 15.8. The van der Waals surface area contributed by atoms with Crippen molar-refractivity contribution in [2.45, 2.75) is 51.1 Å². The van der Waals surface area contributed by atoms with Crippen LogP contribution in [0, 0.1) is 6.92 Å². The fourth-order valence-electron chi connectivity index (χ4n) is 3.59. The highest BCUT2D eigenvalue weighted by Gasteiger charge is 2.51. The maximum atomic E-state index is 12.8. The maximum Gasteiger partial charge on any atom is 0.325 e. The second-order valence-electron chi connectivity index (χ2n) is 6.84. The predicted octanol–water partition coefficient (Wildman–Crippen LogP) is 2.80. The van der Waals surface area contributed by atoms with Crippen molar-refractivity contribution in [2.24, 2.45) is 0 Å². The van der Waals surface area contributed by atoms with Gasteiger partial charge in [-0.05, 0) is 19.8 Å². The number of hydrogen-bond acceptors (Lipinski definition) is 5. The number of aryl methyl sites for hydroxylation is 1. The van der Waals surface area contributed by atoms with Gasteiger partial charge in [0.1, 0.15) is 12.1 Å². The SMILES string of the molecule is Cc1ccc(-c2noc(CN3C(=O)NC4(CCCCC4)C3=O)n2)cc1. The summed E-state index contributed by atoms with van der Waals surface area (Å²) in [5.41, 5.74) is 1.25. The molecule has 0 bridgehead atoms. The molecule has 2 heterocycles. The molecule has 1 spiro atoms. The van der Waals surface area contributed by atoms with Gasteiger partial charge in [-0.2, -0.15) is 4.98 Å². The van der Waals surface area contributed by atoms with Crippen LogP contribution in [0.4, 0.5) is 4.79 Å². The minimum Gasteiger partial charge on any atom is -0.337 e. The van der Waals surface area contributed by atoms with Crippen LogP contribution in [0.3, 0.4) is 0 Å². The van der Waals surface area contributed by atoms with Gasteiger partial charge in [-0.25, -0.2) is 4.79 Å². The average molecular weight is 340 g/mol. The first-order valence-corrected chi connectivity index (χ1v) is 8.61. The molecule has 1 aromatic carbocycles. The van der Waals surface area contributed by atoms with Gasteiger partial charge in [0.25, 0.3) is 5.91 Å². The topological polar surface area (TPSA) is 88.3 Å². The highest BCUT2D eigenvalue weighted by molar-refractivity contribution is 6.06. The lowest BCUT2D eigenvalue weighted by Gasteiger charge is -2.30. The summed E-state index contributed by atoms with van der Waals surface area (Å²) in [5.74, 6) is 0.536. The van der Waals surface area contributed by atoms with Crippen LogP contribution in [0.25, 0.3) is 11.4 Å². The molecule has 7 nitrogen and oxygen atoms in total. The zero-order chi connectivity index (χ0) is 17.4. The van der Waals surface area contributed by atoms with Crippen LogP contribution in [0.2, 0.25) is 0 Å². The Morgan fingerprint density at radius 1 is 1.16 bits per heavy atom. The fraction of sp³-hybridized carbons (Fsp3) is 0.444. The molecule has 7 heteroatoms. The van der Waals surface area contributed by atoms with Gasteiger partial charge in [-0.3, -0.25) is 9.69 Å². The molecule has 3 amide bonds. The molecule has 1 aliphatic heterocycles. The van der Waals surface area contributed by atoms with Crippen molar-refractivity contribution in [3.63, 3.8) is 0 Å². The third kappa shape index (κ3) is 2.79. The van der Waals surface area contributed by atoms with Gasteiger partial charge >= 0.3 is 6.03 Å². The van der Waals surface area contributed by atoms with Crippen LogP contribution in [0.15, 0.2) is 28.8 Å². The van der Waals surface area contributed by atoms with Crippen molar-refractivity contribution in [3.05, 3.63) is 35.7 Å². The van der Waals surface area contributed by atoms with Gasteiger partial charge in [0.15, 0.2) is 0 Å². The third-order valence-electron chi connectivity index (χ3n) is 5.02. The number of nitrogens with one attached hydrogen (secondary N) is 1. The largest absolute Gasteiger partial charge is 0.337 e. The van der Waals surface area contributed by atoms with Crippen LogP contribution in [0.1, 0.15) is 43.6 Å². The van der Waals surface area contributed by atoms with E-state index in [-0.39, 0.29) is 24.4 Å². The van der Waals surface area contributed by atoms with E-state index >= 15 is 0 Å². The van der Waals surface area contributed by atoms with Crippen molar-refractivity contribution < 1.29 is 14.1 Å². The van der Waals surface area contributed by atoms with E-state index in [9.17, 15) is 9.59 Å². The van der Waals surface area contributed by atoms with Gasteiger partial charge in [0, 0.05) is 5.56 Å². The van der Waals surface area contributed by atoms with Gasteiger partial charge in [-0.15, -0.1) is 0 Å². The molecule has 4 rings (SSSR count). The van der Waals surface area contributed by atoms with Crippen molar-refractivity contribution in [1.82, 2.24) is 20.4 Å². The molecule has 1 aliphatic carbocycles. The second kappa shape index (κ2) is 5.98. The molecule has 1 saturated carbocycles. The molecule has 1 saturated heterocycles. The molecule has 25 heavy (non-hydrogen) atoms. The molecule has 0 unspecified atom stereocenters. The molecule has 0 atom stereocenters. The smallest absolute Gasteiger partial charge is 0.325 e. The number of nitrogens with zero attached hydrogens (tertiary/aromatic N) is 3. The van der Waals surface area contributed by atoms with Crippen molar-refractivity contribution >= 4 is 11.9 Å². The number of amides is 3. The Balaban J connectivity index is 1.51. The van der Waals surface area contributed by atoms with Crippen molar-refractivity contribution in [2.75, 3.05) is 0 Å². The van der Waals surface area contributed by atoms with E-state index in [2.05, 4.69) is 15.5 Å².